The van der Waals surface area contributed by atoms with Crippen LogP contribution in [0.3, 0.4) is 0 Å². The molecule has 29 heavy (non-hydrogen) atoms. The minimum atomic E-state index is 0. The van der Waals surface area contributed by atoms with Gasteiger partial charge in [-0.05, 0) is 49.1 Å². The van der Waals surface area contributed by atoms with Gasteiger partial charge in [0.25, 0.3) is 0 Å². The maximum Gasteiger partial charge on any atom is 0.191 e. The molecule has 0 bridgehead atoms. The molecule has 0 saturated heterocycles. The summed E-state index contributed by atoms with van der Waals surface area (Å²) >= 11 is 0. The first-order chi connectivity index (χ1) is 13.7. The molecule has 0 fully saturated rings. The second-order valence-corrected chi connectivity index (χ2v) is 6.19. The van der Waals surface area contributed by atoms with Crippen LogP contribution in [0.15, 0.2) is 47.5 Å². The van der Waals surface area contributed by atoms with E-state index in [1.54, 1.807) is 21.3 Å². The van der Waals surface area contributed by atoms with Gasteiger partial charge in [0.1, 0.15) is 5.75 Å². The van der Waals surface area contributed by atoms with Crippen LogP contribution in [-0.4, -0.2) is 46.9 Å². The van der Waals surface area contributed by atoms with Crippen LogP contribution < -0.4 is 24.8 Å². The predicted molar refractivity (Wildman–Crippen MR) is 129 cm³/mol. The molecule has 160 valence electrons. The average molecular weight is 513 g/mol. The number of nitrogens with one attached hydrogen (secondary N) is 2. The summed E-state index contributed by atoms with van der Waals surface area (Å²) in [5.74, 6) is 3.21. The summed E-state index contributed by atoms with van der Waals surface area (Å²) in [7, 11) is 4.99. The highest BCUT2D eigenvalue weighted by molar-refractivity contribution is 14.0. The normalized spacial score (nSPS) is 10.7. The molecular weight excluding hydrogens is 481 g/mol. The molecule has 6 nitrogen and oxygen atoms in total. The highest BCUT2D eigenvalue weighted by Crippen LogP contribution is 2.27. The lowest BCUT2D eigenvalue weighted by atomic mass is 10.1. The summed E-state index contributed by atoms with van der Waals surface area (Å²) in [5.41, 5.74) is 2.34. The van der Waals surface area contributed by atoms with Crippen molar-refractivity contribution in [2.45, 2.75) is 19.8 Å². The summed E-state index contributed by atoms with van der Waals surface area (Å²) in [4.78, 5) is 4.67. The number of hydrogen-bond donors (Lipinski definition) is 2. The van der Waals surface area contributed by atoms with Gasteiger partial charge in [-0.3, -0.25) is 4.99 Å². The SMILES string of the molecule is CCNC(=NCCc1ccccc1OC)NCCc1ccc(OC)c(OC)c1.I. The Hall–Kier alpha value is -2.16. The minimum absolute atomic E-state index is 0. The van der Waals surface area contributed by atoms with Crippen molar-refractivity contribution >= 4 is 29.9 Å². The predicted octanol–water partition coefficient (Wildman–Crippen LogP) is 3.67. The number of guanidine groups is 1. The molecule has 0 aliphatic rings. The second kappa shape index (κ2) is 13.9. The van der Waals surface area contributed by atoms with Gasteiger partial charge in [-0.2, -0.15) is 0 Å². The number of para-hydroxylation sites is 1. The molecule has 2 aromatic carbocycles. The molecule has 7 heteroatoms. The first-order valence-electron chi connectivity index (χ1n) is 9.56. The number of halogens is 1. The first-order valence-corrected chi connectivity index (χ1v) is 9.56. The van der Waals surface area contributed by atoms with Crippen molar-refractivity contribution in [3.8, 4) is 17.2 Å². The summed E-state index contributed by atoms with van der Waals surface area (Å²) in [6.45, 7) is 4.34. The average Bonchev–Trinajstić information content (AvgIpc) is 2.73. The zero-order valence-corrected chi connectivity index (χ0v) is 20.0. The molecule has 2 aromatic rings. The zero-order valence-electron chi connectivity index (χ0n) is 17.7. The van der Waals surface area contributed by atoms with Crippen LogP contribution in [0.4, 0.5) is 0 Å². The molecule has 0 heterocycles. The van der Waals surface area contributed by atoms with E-state index in [-0.39, 0.29) is 24.0 Å². The summed E-state index contributed by atoms with van der Waals surface area (Å²) < 4.78 is 16.1. The Balaban J connectivity index is 0.00000420. The van der Waals surface area contributed by atoms with Gasteiger partial charge in [0, 0.05) is 19.6 Å². The van der Waals surface area contributed by atoms with Gasteiger partial charge in [-0.25, -0.2) is 0 Å². The summed E-state index contributed by atoms with van der Waals surface area (Å²) in [5, 5.41) is 6.67. The Labute approximate surface area is 191 Å². The van der Waals surface area contributed by atoms with Crippen LogP contribution in [0.2, 0.25) is 0 Å². The van der Waals surface area contributed by atoms with Crippen molar-refractivity contribution in [2.24, 2.45) is 4.99 Å². The minimum Gasteiger partial charge on any atom is -0.496 e. The van der Waals surface area contributed by atoms with Crippen molar-refractivity contribution < 1.29 is 14.2 Å². The maximum absolute atomic E-state index is 5.40. The van der Waals surface area contributed by atoms with Crippen LogP contribution in [0.5, 0.6) is 17.2 Å². The van der Waals surface area contributed by atoms with E-state index in [4.69, 9.17) is 14.2 Å². The van der Waals surface area contributed by atoms with Crippen LogP contribution in [0.25, 0.3) is 0 Å². The molecule has 0 spiro atoms. The molecule has 0 saturated carbocycles. The number of rotatable bonds is 10. The molecule has 0 aliphatic heterocycles. The molecule has 0 aliphatic carbocycles. The van der Waals surface area contributed by atoms with Gasteiger partial charge in [0.15, 0.2) is 17.5 Å². The lowest BCUT2D eigenvalue weighted by molar-refractivity contribution is 0.354. The molecule has 0 aromatic heterocycles. The molecule has 0 radical (unpaired) electrons. The van der Waals surface area contributed by atoms with Crippen LogP contribution in [0, 0.1) is 0 Å². The Kier molecular flexibility index (Phi) is 11.9. The van der Waals surface area contributed by atoms with Crippen LogP contribution in [0.1, 0.15) is 18.1 Å². The van der Waals surface area contributed by atoms with Gasteiger partial charge in [0.05, 0.1) is 21.3 Å². The Bertz CT molecular complexity index is 769. The van der Waals surface area contributed by atoms with E-state index in [1.807, 2.05) is 30.3 Å². The standard InChI is InChI=1S/C22H31N3O3.HI/c1-5-23-22(25-15-13-18-8-6-7-9-19(18)26-2)24-14-12-17-10-11-20(27-3)21(16-17)28-4;/h6-11,16H,5,12-15H2,1-4H3,(H2,23,24,25);1H. The molecular formula is C22H32IN3O3. The molecule has 2 N–H and O–H groups in total. The summed E-state index contributed by atoms with van der Waals surface area (Å²) in [6, 6.07) is 14.0. The number of methoxy groups -OCH3 is 3. The van der Waals surface area contributed by atoms with Crippen molar-refractivity contribution in [3.05, 3.63) is 53.6 Å². The highest BCUT2D eigenvalue weighted by atomic mass is 127. The van der Waals surface area contributed by atoms with Gasteiger partial charge in [-0.1, -0.05) is 24.3 Å². The lowest BCUT2D eigenvalue weighted by Crippen LogP contribution is -2.38. The van der Waals surface area contributed by atoms with Crippen LogP contribution in [-0.2, 0) is 12.8 Å². The van der Waals surface area contributed by atoms with Crippen molar-refractivity contribution in [2.75, 3.05) is 41.0 Å². The third kappa shape index (κ3) is 8.00. The second-order valence-electron chi connectivity index (χ2n) is 6.19. The van der Waals surface area contributed by atoms with Gasteiger partial charge in [-0.15, -0.1) is 24.0 Å². The van der Waals surface area contributed by atoms with Crippen molar-refractivity contribution in [1.82, 2.24) is 10.6 Å². The van der Waals surface area contributed by atoms with Gasteiger partial charge in [0.2, 0.25) is 0 Å². The topological polar surface area (TPSA) is 64.1 Å². The number of nitrogens with zero attached hydrogens (tertiary/aromatic N) is 1. The number of ether oxygens (including phenoxy) is 3. The van der Waals surface area contributed by atoms with E-state index >= 15 is 0 Å². The Morgan fingerprint density at radius 3 is 2.28 bits per heavy atom. The largest absolute Gasteiger partial charge is 0.496 e. The van der Waals surface area contributed by atoms with E-state index in [2.05, 4.69) is 34.7 Å². The van der Waals surface area contributed by atoms with Crippen LogP contribution >= 0.6 is 24.0 Å². The molecule has 0 unspecified atom stereocenters. The zero-order chi connectivity index (χ0) is 20.2. The van der Waals surface area contributed by atoms with E-state index in [0.29, 0.717) is 6.54 Å². The molecule has 0 atom stereocenters. The van der Waals surface area contributed by atoms with E-state index in [9.17, 15) is 0 Å². The quantitative estimate of drug-likeness (QED) is 0.289. The van der Waals surface area contributed by atoms with E-state index < -0.39 is 0 Å². The number of aliphatic imine (C=N–C) groups is 1. The maximum atomic E-state index is 5.40. The Morgan fingerprint density at radius 2 is 1.59 bits per heavy atom. The summed E-state index contributed by atoms with van der Waals surface area (Å²) in [6.07, 6.45) is 1.69. The third-order valence-electron chi connectivity index (χ3n) is 4.34. The first kappa shape index (κ1) is 24.9. The number of hydrogen-bond acceptors (Lipinski definition) is 4. The fraction of sp³-hybridized carbons (Fsp3) is 0.409. The van der Waals surface area contributed by atoms with E-state index in [0.717, 1.165) is 54.7 Å². The lowest BCUT2D eigenvalue weighted by Gasteiger charge is -2.13. The smallest absolute Gasteiger partial charge is 0.191 e. The van der Waals surface area contributed by atoms with Gasteiger partial charge < -0.3 is 24.8 Å². The number of benzene rings is 2. The fourth-order valence-electron chi connectivity index (χ4n) is 2.90. The van der Waals surface area contributed by atoms with Gasteiger partial charge >= 0.3 is 0 Å². The van der Waals surface area contributed by atoms with Crippen molar-refractivity contribution in [1.29, 1.82) is 0 Å². The third-order valence-corrected chi connectivity index (χ3v) is 4.34. The van der Waals surface area contributed by atoms with Crippen molar-refractivity contribution in [3.63, 3.8) is 0 Å². The molecule has 2 rings (SSSR count). The monoisotopic (exact) mass is 513 g/mol. The van der Waals surface area contributed by atoms with E-state index in [1.165, 1.54) is 5.56 Å². The fourth-order valence-corrected chi connectivity index (χ4v) is 2.90. The Morgan fingerprint density at radius 1 is 0.862 bits per heavy atom. The highest BCUT2D eigenvalue weighted by Gasteiger charge is 2.05. The molecule has 0 amide bonds.